The number of rotatable bonds is 5. The third kappa shape index (κ3) is 3.24. The fraction of sp³-hybridized carbons (Fsp3) is 0.538. The molecule has 0 aliphatic heterocycles. The SMILES string of the molecule is CC(CC1CC1)Nc1ccc(CO)cc1. The fourth-order valence-corrected chi connectivity index (χ4v) is 1.90. The lowest BCUT2D eigenvalue weighted by Gasteiger charge is -2.14. The molecule has 1 fully saturated rings. The second kappa shape index (κ2) is 4.67. The minimum atomic E-state index is 0.123. The van der Waals surface area contributed by atoms with E-state index in [1.54, 1.807) is 0 Å². The molecule has 1 unspecified atom stereocenters. The van der Waals surface area contributed by atoms with Gasteiger partial charge in [0.25, 0.3) is 0 Å². The van der Waals surface area contributed by atoms with Crippen LogP contribution in [0.25, 0.3) is 0 Å². The van der Waals surface area contributed by atoms with Crippen LogP contribution in [0.4, 0.5) is 5.69 Å². The zero-order valence-corrected chi connectivity index (χ0v) is 9.24. The molecule has 0 bridgehead atoms. The number of aliphatic hydroxyl groups is 1. The summed E-state index contributed by atoms with van der Waals surface area (Å²) in [6, 6.07) is 8.56. The van der Waals surface area contributed by atoms with Crippen LogP contribution in [0.15, 0.2) is 24.3 Å². The molecule has 1 aromatic rings. The van der Waals surface area contributed by atoms with E-state index in [0.29, 0.717) is 6.04 Å². The number of nitrogens with one attached hydrogen (secondary N) is 1. The molecule has 0 radical (unpaired) electrons. The molecule has 0 saturated heterocycles. The Labute approximate surface area is 91.3 Å². The zero-order valence-electron chi connectivity index (χ0n) is 9.24. The lowest BCUT2D eigenvalue weighted by molar-refractivity contribution is 0.282. The summed E-state index contributed by atoms with van der Waals surface area (Å²) in [4.78, 5) is 0. The van der Waals surface area contributed by atoms with Crippen LogP contribution in [0, 0.1) is 5.92 Å². The van der Waals surface area contributed by atoms with E-state index in [0.717, 1.165) is 17.2 Å². The molecular weight excluding hydrogens is 186 g/mol. The van der Waals surface area contributed by atoms with Gasteiger partial charge in [-0.1, -0.05) is 25.0 Å². The fourth-order valence-electron chi connectivity index (χ4n) is 1.90. The van der Waals surface area contributed by atoms with Gasteiger partial charge in [0.05, 0.1) is 6.61 Å². The molecule has 2 heteroatoms. The van der Waals surface area contributed by atoms with Gasteiger partial charge in [-0.15, -0.1) is 0 Å². The number of hydrogen-bond donors (Lipinski definition) is 2. The van der Waals surface area contributed by atoms with Crippen LogP contribution in [0.3, 0.4) is 0 Å². The minimum Gasteiger partial charge on any atom is -0.392 e. The summed E-state index contributed by atoms with van der Waals surface area (Å²) in [5.74, 6) is 0.962. The molecule has 2 rings (SSSR count). The molecule has 1 aliphatic rings. The third-order valence-corrected chi connectivity index (χ3v) is 2.93. The predicted molar refractivity (Wildman–Crippen MR) is 62.8 cm³/mol. The highest BCUT2D eigenvalue weighted by Gasteiger charge is 2.23. The van der Waals surface area contributed by atoms with Crippen molar-refractivity contribution in [2.45, 2.75) is 38.8 Å². The van der Waals surface area contributed by atoms with Gasteiger partial charge in [0.2, 0.25) is 0 Å². The molecule has 1 aliphatic carbocycles. The number of hydrogen-bond acceptors (Lipinski definition) is 2. The minimum absolute atomic E-state index is 0.123. The van der Waals surface area contributed by atoms with Crippen molar-refractivity contribution in [3.05, 3.63) is 29.8 Å². The Bertz CT molecular complexity index is 303. The van der Waals surface area contributed by atoms with Crippen LogP contribution in [-0.4, -0.2) is 11.1 Å². The van der Waals surface area contributed by atoms with Crippen molar-refractivity contribution >= 4 is 5.69 Å². The number of benzene rings is 1. The molecule has 1 aromatic carbocycles. The molecule has 1 saturated carbocycles. The molecule has 1 atom stereocenters. The normalized spacial score (nSPS) is 17.5. The Morgan fingerprint density at radius 2 is 2.00 bits per heavy atom. The van der Waals surface area contributed by atoms with Crippen LogP contribution in [-0.2, 0) is 6.61 Å². The van der Waals surface area contributed by atoms with Gasteiger partial charge < -0.3 is 10.4 Å². The molecule has 82 valence electrons. The summed E-state index contributed by atoms with van der Waals surface area (Å²) in [6.45, 7) is 2.36. The lowest BCUT2D eigenvalue weighted by Crippen LogP contribution is -2.15. The van der Waals surface area contributed by atoms with Gasteiger partial charge in [0.1, 0.15) is 0 Å². The Morgan fingerprint density at radius 1 is 1.33 bits per heavy atom. The van der Waals surface area contributed by atoms with Gasteiger partial charge in [-0.3, -0.25) is 0 Å². The molecule has 2 N–H and O–H groups in total. The topological polar surface area (TPSA) is 32.3 Å². The van der Waals surface area contributed by atoms with E-state index in [-0.39, 0.29) is 6.61 Å². The molecule has 0 aromatic heterocycles. The highest BCUT2D eigenvalue weighted by atomic mass is 16.3. The van der Waals surface area contributed by atoms with E-state index in [4.69, 9.17) is 5.11 Å². The largest absolute Gasteiger partial charge is 0.392 e. The van der Waals surface area contributed by atoms with Crippen LogP contribution in [0.2, 0.25) is 0 Å². The molecule has 2 nitrogen and oxygen atoms in total. The van der Waals surface area contributed by atoms with Crippen LogP contribution >= 0.6 is 0 Å². The van der Waals surface area contributed by atoms with Gasteiger partial charge >= 0.3 is 0 Å². The molecular formula is C13H19NO. The zero-order chi connectivity index (χ0) is 10.7. The Balaban J connectivity index is 1.85. The first-order chi connectivity index (χ1) is 7.28. The van der Waals surface area contributed by atoms with Crippen molar-refractivity contribution in [1.82, 2.24) is 0 Å². The standard InChI is InChI=1S/C13H19NO/c1-10(8-11-2-3-11)14-13-6-4-12(9-15)5-7-13/h4-7,10-11,14-15H,2-3,8-9H2,1H3. The Kier molecular flexibility index (Phi) is 3.27. The maximum absolute atomic E-state index is 8.92. The maximum atomic E-state index is 8.92. The van der Waals surface area contributed by atoms with Gasteiger partial charge in [0, 0.05) is 11.7 Å². The van der Waals surface area contributed by atoms with Crippen LogP contribution in [0.5, 0.6) is 0 Å². The van der Waals surface area contributed by atoms with E-state index in [1.165, 1.54) is 19.3 Å². The summed E-state index contributed by atoms with van der Waals surface area (Å²) < 4.78 is 0. The molecule has 15 heavy (non-hydrogen) atoms. The highest BCUT2D eigenvalue weighted by Crippen LogP contribution is 2.34. The molecule has 0 spiro atoms. The predicted octanol–water partition coefficient (Wildman–Crippen LogP) is 2.78. The first kappa shape index (κ1) is 10.5. The van der Waals surface area contributed by atoms with E-state index < -0.39 is 0 Å². The lowest BCUT2D eigenvalue weighted by atomic mass is 10.1. The second-order valence-corrected chi connectivity index (χ2v) is 4.58. The Morgan fingerprint density at radius 3 is 2.53 bits per heavy atom. The monoisotopic (exact) mass is 205 g/mol. The average Bonchev–Trinajstić information content (AvgIpc) is 3.03. The molecule has 0 amide bonds. The first-order valence-electron chi connectivity index (χ1n) is 5.74. The van der Waals surface area contributed by atoms with Gasteiger partial charge in [-0.2, -0.15) is 0 Å². The summed E-state index contributed by atoms with van der Waals surface area (Å²) in [6.07, 6.45) is 4.10. The first-order valence-corrected chi connectivity index (χ1v) is 5.74. The van der Waals surface area contributed by atoms with E-state index in [9.17, 15) is 0 Å². The summed E-state index contributed by atoms with van der Waals surface area (Å²) in [5.41, 5.74) is 2.12. The van der Waals surface area contributed by atoms with Crippen LogP contribution in [0.1, 0.15) is 31.7 Å². The second-order valence-electron chi connectivity index (χ2n) is 4.58. The maximum Gasteiger partial charge on any atom is 0.0681 e. The summed E-state index contributed by atoms with van der Waals surface area (Å²) >= 11 is 0. The van der Waals surface area contributed by atoms with Gasteiger partial charge in [-0.05, 0) is 37.0 Å². The van der Waals surface area contributed by atoms with Crippen LogP contribution < -0.4 is 5.32 Å². The van der Waals surface area contributed by atoms with Gasteiger partial charge in [0.15, 0.2) is 0 Å². The highest BCUT2D eigenvalue weighted by molar-refractivity contribution is 5.45. The number of anilines is 1. The summed E-state index contributed by atoms with van der Waals surface area (Å²) in [5, 5.41) is 12.4. The van der Waals surface area contributed by atoms with E-state index in [2.05, 4.69) is 12.2 Å². The summed E-state index contributed by atoms with van der Waals surface area (Å²) in [7, 11) is 0. The van der Waals surface area contributed by atoms with Crippen molar-refractivity contribution in [1.29, 1.82) is 0 Å². The van der Waals surface area contributed by atoms with Crippen molar-refractivity contribution in [3.63, 3.8) is 0 Å². The smallest absolute Gasteiger partial charge is 0.0681 e. The quantitative estimate of drug-likeness (QED) is 0.774. The Hall–Kier alpha value is -1.02. The van der Waals surface area contributed by atoms with Crippen molar-refractivity contribution in [2.75, 3.05) is 5.32 Å². The third-order valence-electron chi connectivity index (χ3n) is 2.93. The van der Waals surface area contributed by atoms with E-state index in [1.807, 2.05) is 24.3 Å². The number of aliphatic hydroxyl groups excluding tert-OH is 1. The van der Waals surface area contributed by atoms with Gasteiger partial charge in [-0.25, -0.2) is 0 Å². The van der Waals surface area contributed by atoms with Crippen molar-refractivity contribution in [3.8, 4) is 0 Å². The van der Waals surface area contributed by atoms with E-state index >= 15 is 0 Å². The molecule has 0 heterocycles. The average molecular weight is 205 g/mol. The van der Waals surface area contributed by atoms with Crippen molar-refractivity contribution < 1.29 is 5.11 Å². The van der Waals surface area contributed by atoms with Crippen molar-refractivity contribution in [2.24, 2.45) is 5.92 Å².